The fraction of sp³-hybridized carbons (Fsp3) is 0.357. The fourth-order valence-electron chi connectivity index (χ4n) is 4.64. The number of H-pyrrole nitrogens is 1. The molecule has 0 saturated carbocycles. The lowest BCUT2D eigenvalue weighted by Gasteiger charge is -2.36. The number of aromatic nitrogens is 4. The Kier molecular flexibility index (Phi) is 6.70. The van der Waals surface area contributed by atoms with Crippen LogP contribution in [-0.2, 0) is 16.0 Å². The van der Waals surface area contributed by atoms with Crippen molar-refractivity contribution in [1.82, 2.24) is 19.7 Å². The molecule has 0 aliphatic carbocycles. The van der Waals surface area contributed by atoms with E-state index in [0.717, 1.165) is 54.0 Å². The van der Waals surface area contributed by atoms with Gasteiger partial charge >= 0.3 is 0 Å². The molecule has 0 radical (unpaired) electrons. The smallest absolute Gasteiger partial charge is 0.217 e. The third-order valence-corrected chi connectivity index (χ3v) is 6.62. The Morgan fingerprint density at radius 3 is 2.29 bits per heavy atom. The summed E-state index contributed by atoms with van der Waals surface area (Å²) in [7, 11) is 0. The molecule has 182 valence electrons. The SMILES string of the molecule is Cc1cc(N)nn1CCCC[C@]1(C)CO[C@H](c2nc(-c3ccccc3)c(-c3ccccc3)[nH]2)OC1. The van der Waals surface area contributed by atoms with Crippen molar-refractivity contribution in [3.8, 4) is 22.5 Å². The Morgan fingerprint density at radius 2 is 1.66 bits per heavy atom. The van der Waals surface area contributed by atoms with E-state index in [4.69, 9.17) is 20.2 Å². The number of imidazole rings is 1. The van der Waals surface area contributed by atoms with Crippen LogP contribution >= 0.6 is 0 Å². The van der Waals surface area contributed by atoms with Crippen molar-refractivity contribution < 1.29 is 9.47 Å². The lowest BCUT2D eigenvalue weighted by atomic mass is 9.86. The number of nitrogens with one attached hydrogen (secondary N) is 1. The predicted octanol–water partition coefficient (Wildman–Crippen LogP) is 5.75. The molecular weight excluding hydrogens is 438 g/mol. The zero-order valence-corrected chi connectivity index (χ0v) is 20.4. The highest BCUT2D eigenvalue weighted by molar-refractivity contribution is 5.78. The topological polar surface area (TPSA) is 91.0 Å². The van der Waals surface area contributed by atoms with Crippen molar-refractivity contribution in [2.24, 2.45) is 5.41 Å². The zero-order valence-electron chi connectivity index (χ0n) is 20.4. The molecule has 0 spiro atoms. The molecule has 5 rings (SSSR count). The summed E-state index contributed by atoms with van der Waals surface area (Å²) >= 11 is 0. The predicted molar refractivity (Wildman–Crippen MR) is 137 cm³/mol. The van der Waals surface area contributed by atoms with Gasteiger partial charge in [-0.15, -0.1) is 0 Å². The van der Waals surface area contributed by atoms with E-state index < -0.39 is 6.29 Å². The van der Waals surface area contributed by atoms with Crippen LogP contribution in [0.5, 0.6) is 0 Å². The van der Waals surface area contributed by atoms with Gasteiger partial charge in [-0.3, -0.25) is 4.68 Å². The summed E-state index contributed by atoms with van der Waals surface area (Å²) in [5, 5.41) is 4.34. The highest BCUT2D eigenvalue weighted by atomic mass is 16.7. The first kappa shape index (κ1) is 23.3. The Hall–Kier alpha value is -3.42. The molecule has 2 aromatic carbocycles. The van der Waals surface area contributed by atoms with E-state index in [0.29, 0.717) is 24.9 Å². The number of rotatable bonds is 8. The second-order valence-corrected chi connectivity index (χ2v) is 9.73. The van der Waals surface area contributed by atoms with E-state index in [2.05, 4.69) is 41.3 Å². The number of hydrogen-bond acceptors (Lipinski definition) is 5. The second kappa shape index (κ2) is 10.1. The van der Waals surface area contributed by atoms with Crippen molar-refractivity contribution >= 4 is 5.82 Å². The zero-order chi connectivity index (χ0) is 24.3. The summed E-state index contributed by atoms with van der Waals surface area (Å²) in [6.07, 6.45) is 2.64. The molecule has 3 heterocycles. The summed E-state index contributed by atoms with van der Waals surface area (Å²) in [6, 6.07) is 22.4. The van der Waals surface area contributed by atoms with Crippen LogP contribution < -0.4 is 5.73 Å². The number of anilines is 1. The minimum Gasteiger partial charge on any atom is -0.382 e. The van der Waals surface area contributed by atoms with Crippen LogP contribution in [0.4, 0.5) is 5.82 Å². The summed E-state index contributed by atoms with van der Waals surface area (Å²) in [6.45, 7) is 6.41. The number of nitrogens with zero attached hydrogens (tertiary/aromatic N) is 3. The van der Waals surface area contributed by atoms with Crippen LogP contribution in [0.25, 0.3) is 22.5 Å². The van der Waals surface area contributed by atoms with Crippen LogP contribution in [0.2, 0.25) is 0 Å². The molecule has 35 heavy (non-hydrogen) atoms. The second-order valence-electron chi connectivity index (χ2n) is 9.73. The van der Waals surface area contributed by atoms with Gasteiger partial charge in [0, 0.05) is 34.8 Å². The number of benzene rings is 2. The highest BCUT2D eigenvalue weighted by Gasteiger charge is 2.34. The molecule has 1 aliphatic rings. The average molecular weight is 472 g/mol. The normalized spacial score (nSPS) is 20.2. The quantitative estimate of drug-likeness (QED) is 0.319. The Balaban J connectivity index is 1.23. The van der Waals surface area contributed by atoms with Gasteiger partial charge in [-0.2, -0.15) is 5.10 Å². The third kappa shape index (κ3) is 5.31. The minimum absolute atomic E-state index is 0.0220. The molecule has 0 bridgehead atoms. The van der Waals surface area contributed by atoms with E-state index in [9.17, 15) is 0 Å². The molecule has 4 aromatic rings. The maximum atomic E-state index is 6.21. The highest BCUT2D eigenvalue weighted by Crippen LogP contribution is 2.37. The number of unbranched alkanes of at least 4 members (excludes halogenated alkanes) is 1. The van der Waals surface area contributed by atoms with E-state index in [1.807, 2.05) is 54.1 Å². The van der Waals surface area contributed by atoms with Gasteiger partial charge in [0.15, 0.2) is 5.82 Å². The van der Waals surface area contributed by atoms with E-state index in [1.54, 1.807) is 0 Å². The molecule has 1 saturated heterocycles. The first-order chi connectivity index (χ1) is 17.0. The lowest BCUT2D eigenvalue weighted by Crippen LogP contribution is -2.36. The van der Waals surface area contributed by atoms with Gasteiger partial charge in [0.2, 0.25) is 6.29 Å². The summed E-state index contributed by atoms with van der Waals surface area (Å²) in [5.41, 5.74) is 10.9. The number of hydrogen-bond donors (Lipinski definition) is 2. The molecule has 0 atom stereocenters. The maximum Gasteiger partial charge on any atom is 0.217 e. The largest absolute Gasteiger partial charge is 0.382 e. The summed E-state index contributed by atoms with van der Waals surface area (Å²) in [5.74, 6) is 1.29. The number of ether oxygens (including phenoxy) is 2. The number of nitrogens with two attached hydrogens (primary N) is 1. The molecule has 0 unspecified atom stereocenters. The Labute approximate surface area is 206 Å². The fourth-order valence-corrected chi connectivity index (χ4v) is 4.64. The minimum atomic E-state index is -0.502. The molecule has 3 N–H and O–H groups in total. The molecule has 1 fully saturated rings. The number of nitrogen functional groups attached to an aromatic ring is 1. The Morgan fingerprint density at radius 1 is 1.00 bits per heavy atom. The van der Waals surface area contributed by atoms with Crippen LogP contribution in [0.1, 0.15) is 44.0 Å². The number of aryl methyl sites for hydroxylation is 2. The van der Waals surface area contributed by atoms with Crippen LogP contribution in [0, 0.1) is 12.3 Å². The summed E-state index contributed by atoms with van der Waals surface area (Å²) in [4.78, 5) is 8.41. The van der Waals surface area contributed by atoms with E-state index in [-0.39, 0.29) is 5.41 Å². The standard InChI is InChI=1S/C28H33N5O2/c1-20-17-23(29)32-33(20)16-10-9-15-28(2)18-34-27(35-19-28)26-30-24(21-11-5-3-6-12-21)25(31-26)22-13-7-4-8-14-22/h3-8,11-14,17,27H,9-10,15-16,18-19H2,1-2H3,(H2,29,32)(H,30,31)/t27-,28+. The molecule has 2 aromatic heterocycles. The maximum absolute atomic E-state index is 6.21. The van der Waals surface area contributed by atoms with Crippen molar-refractivity contribution in [2.45, 2.75) is 45.9 Å². The van der Waals surface area contributed by atoms with Gasteiger partial charge in [0.25, 0.3) is 0 Å². The number of aromatic amines is 1. The van der Waals surface area contributed by atoms with Gasteiger partial charge in [-0.25, -0.2) is 4.98 Å². The van der Waals surface area contributed by atoms with Gasteiger partial charge in [-0.05, 0) is 19.8 Å². The van der Waals surface area contributed by atoms with E-state index >= 15 is 0 Å². The molecular formula is C28H33N5O2. The average Bonchev–Trinajstić information content (AvgIpc) is 3.46. The van der Waals surface area contributed by atoms with Gasteiger partial charge in [0.1, 0.15) is 5.82 Å². The van der Waals surface area contributed by atoms with Crippen molar-refractivity contribution in [1.29, 1.82) is 0 Å². The Bertz CT molecular complexity index is 1180. The first-order valence-electron chi connectivity index (χ1n) is 12.2. The molecule has 1 aliphatic heterocycles. The summed E-state index contributed by atoms with van der Waals surface area (Å²) < 4.78 is 14.4. The van der Waals surface area contributed by atoms with Gasteiger partial charge in [-0.1, -0.05) is 74.0 Å². The lowest BCUT2D eigenvalue weighted by molar-refractivity contribution is -0.235. The van der Waals surface area contributed by atoms with Crippen molar-refractivity contribution in [3.05, 3.63) is 78.2 Å². The monoisotopic (exact) mass is 471 g/mol. The molecule has 7 heteroatoms. The first-order valence-corrected chi connectivity index (χ1v) is 12.2. The van der Waals surface area contributed by atoms with Crippen LogP contribution in [0.3, 0.4) is 0 Å². The van der Waals surface area contributed by atoms with Gasteiger partial charge in [0.05, 0.1) is 24.6 Å². The van der Waals surface area contributed by atoms with Crippen LogP contribution in [0.15, 0.2) is 66.7 Å². The van der Waals surface area contributed by atoms with Crippen molar-refractivity contribution in [2.75, 3.05) is 18.9 Å². The van der Waals surface area contributed by atoms with Gasteiger partial charge < -0.3 is 20.2 Å². The third-order valence-electron chi connectivity index (χ3n) is 6.62. The van der Waals surface area contributed by atoms with Crippen LogP contribution in [-0.4, -0.2) is 33.0 Å². The molecule has 0 amide bonds. The van der Waals surface area contributed by atoms with E-state index in [1.165, 1.54) is 0 Å². The van der Waals surface area contributed by atoms with Crippen molar-refractivity contribution in [3.63, 3.8) is 0 Å². The molecule has 7 nitrogen and oxygen atoms in total.